The van der Waals surface area contributed by atoms with Crippen LogP contribution >= 0.6 is 0 Å². The van der Waals surface area contributed by atoms with Gasteiger partial charge < -0.3 is 18.5 Å². The molecule has 0 aliphatic rings. The molecule has 0 bridgehead atoms. The second kappa shape index (κ2) is 7.48. The Morgan fingerprint density at radius 1 is 1.07 bits per heavy atom. The Balaban J connectivity index is 1.41. The Morgan fingerprint density at radius 3 is 2.57 bits per heavy atom. The van der Waals surface area contributed by atoms with E-state index in [2.05, 4.69) is 10.3 Å². The first-order valence-electron chi connectivity index (χ1n) is 8.72. The molecule has 7 nitrogen and oxygen atoms in total. The van der Waals surface area contributed by atoms with Crippen molar-refractivity contribution in [1.82, 2.24) is 9.55 Å². The van der Waals surface area contributed by atoms with Crippen molar-refractivity contribution >= 4 is 22.9 Å². The molecule has 4 aromatic rings. The molecule has 7 heteroatoms. The number of hydrogen-bond donors (Lipinski definition) is 1. The van der Waals surface area contributed by atoms with Crippen LogP contribution in [0.4, 0.5) is 5.95 Å². The number of ether oxygens (including phenoxy) is 2. The average molecular weight is 377 g/mol. The number of methoxy groups -OCH3 is 1. The predicted octanol–water partition coefficient (Wildman–Crippen LogP) is 4.01. The van der Waals surface area contributed by atoms with Gasteiger partial charge in [-0.3, -0.25) is 10.1 Å². The predicted molar refractivity (Wildman–Crippen MR) is 105 cm³/mol. The summed E-state index contributed by atoms with van der Waals surface area (Å²) in [5, 5.41) is 2.78. The van der Waals surface area contributed by atoms with Gasteiger partial charge in [-0.05, 0) is 48.5 Å². The van der Waals surface area contributed by atoms with Crippen LogP contribution in [-0.2, 0) is 13.7 Å². The lowest BCUT2D eigenvalue weighted by molar-refractivity contribution is 0.0991. The van der Waals surface area contributed by atoms with E-state index in [1.54, 1.807) is 31.4 Å². The van der Waals surface area contributed by atoms with Crippen LogP contribution < -0.4 is 14.8 Å². The lowest BCUT2D eigenvalue weighted by Gasteiger charge is -2.05. The fraction of sp³-hybridized carbons (Fsp3) is 0.143. The maximum atomic E-state index is 12.5. The number of nitrogens with zero attached hydrogens (tertiary/aromatic N) is 2. The number of nitrogens with one attached hydrogen (secondary N) is 1. The van der Waals surface area contributed by atoms with E-state index in [0.717, 1.165) is 16.8 Å². The third-order valence-electron chi connectivity index (χ3n) is 4.34. The number of carbonyl (C=O) groups is 1. The summed E-state index contributed by atoms with van der Waals surface area (Å²) in [7, 11) is 3.46. The van der Waals surface area contributed by atoms with E-state index in [0.29, 0.717) is 17.5 Å². The number of benzene rings is 2. The molecule has 0 saturated heterocycles. The minimum absolute atomic E-state index is 0.195. The average Bonchev–Trinajstić information content (AvgIpc) is 3.32. The fourth-order valence-corrected chi connectivity index (χ4v) is 2.82. The van der Waals surface area contributed by atoms with Gasteiger partial charge in [-0.25, -0.2) is 4.98 Å². The summed E-state index contributed by atoms with van der Waals surface area (Å²) in [4.78, 5) is 16.9. The summed E-state index contributed by atoms with van der Waals surface area (Å²) in [5.41, 5.74) is 1.75. The van der Waals surface area contributed by atoms with Gasteiger partial charge in [0.05, 0.1) is 18.1 Å². The molecule has 142 valence electrons. The smallest absolute Gasteiger partial charge is 0.293 e. The number of furan rings is 1. The van der Waals surface area contributed by atoms with Crippen molar-refractivity contribution in [1.29, 1.82) is 0 Å². The van der Waals surface area contributed by atoms with Crippen LogP contribution in [0.15, 0.2) is 65.1 Å². The third-order valence-corrected chi connectivity index (χ3v) is 4.34. The zero-order valence-corrected chi connectivity index (χ0v) is 15.5. The van der Waals surface area contributed by atoms with E-state index in [9.17, 15) is 4.79 Å². The van der Waals surface area contributed by atoms with Gasteiger partial charge in [-0.2, -0.15) is 0 Å². The van der Waals surface area contributed by atoms with E-state index < -0.39 is 0 Å². The Kier molecular flexibility index (Phi) is 4.72. The molecule has 4 rings (SSSR count). The van der Waals surface area contributed by atoms with Crippen LogP contribution in [0.2, 0.25) is 0 Å². The highest BCUT2D eigenvalue weighted by atomic mass is 16.5. The number of rotatable bonds is 6. The van der Waals surface area contributed by atoms with Crippen molar-refractivity contribution < 1.29 is 18.7 Å². The van der Waals surface area contributed by atoms with Crippen molar-refractivity contribution in [2.24, 2.45) is 7.05 Å². The molecule has 0 radical (unpaired) electrons. The number of amides is 1. The number of fused-ring (bicyclic) bond motifs is 1. The van der Waals surface area contributed by atoms with E-state index >= 15 is 0 Å². The summed E-state index contributed by atoms with van der Waals surface area (Å²) < 4.78 is 18.2. The van der Waals surface area contributed by atoms with Gasteiger partial charge >= 0.3 is 0 Å². The standard InChI is InChI=1S/C21H19N3O4/c1-24-18-6-4-3-5-17(18)22-21(24)23-20(25)19-12-11-16(28-19)13-27-15-9-7-14(26-2)8-10-15/h3-12H,13H2,1-2H3,(H,22,23,25). The number of imidazole rings is 1. The second-order valence-electron chi connectivity index (χ2n) is 6.17. The number of para-hydroxylation sites is 2. The van der Waals surface area contributed by atoms with Gasteiger partial charge in [0.15, 0.2) is 5.76 Å². The van der Waals surface area contributed by atoms with Gasteiger partial charge in [0.2, 0.25) is 5.95 Å². The van der Waals surface area contributed by atoms with E-state index in [-0.39, 0.29) is 18.3 Å². The lowest BCUT2D eigenvalue weighted by atomic mass is 10.3. The molecule has 0 spiro atoms. The summed E-state index contributed by atoms with van der Waals surface area (Å²) in [6.07, 6.45) is 0. The SMILES string of the molecule is COc1ccc(OCc2ccc(C(=O)Nc3nc4ccccc4n3C)o2)cc1. The van der Waals surface area contributed by atoms with Crippen LogP contribution in [0.1, 0.15) is 16.3 Å². The zero-order valence-electron chi connectivity index (χ0n) is 15.5. The van der Waals surface area contributed by atoms with Crippen molar-refractivity contribution in [2.75, 3.05) is 12.4 Å². The summed E-state index contributed by atoms with van der Waals surface area (Å²) >= 11 is 0. The van der Waals surface area contributed by atoms with E-state index in [1.165, 1.54) is 0 Å². The summed E-state index contributed by atoms with van der Waals surface area (Å²) in [5.74, 6) is 2.27. The number of hydrogen-bond acceptors (Lipinski definition) is 5. The maximum Gasteiger partial charge on any atom is 0.293 e. The van der Waals surface area contributed by atoms with E-state index in [1.807, 2.05) is 48.0 Å². The van der Waals surface area contributed by atoms with Crippen LogP contribution in [-0.4, -0.2) is 22.6 Å². The Labute approximate surface area is 161 Å². The van der Waals surface area contributed by atoms with Crippen LogP contribution in [0.25, 0.3) is 11.0 Å². The number of aryl methyl sites for hydroxylation is 1. The molecule has 2 aromatic carbocycles. The van der Waals surface area contributed by atoms with Gasteiger partial charge in [-0.1, -0.05) is 12.1 Å². The topological polar surface area (TPSA) is 78.5 Å². The molecule has 1 amide bonds. The molecule has 0 atom stereocenters. The highest BCUT2D eigenvalue weighted by Gasteiger charge is 2.15. The quantitative estimate of drug-likeness (QED) is 0.549. The second-order valence-corrected chi connectivity index (χ2v) is 6.17. The minimum atomic E-state index is -0.367. The largest absolute Gasteiger partial charge is 0.497 e. The van der Waals surface area contributed by atoms with Gasteiger partial charge in [0, 0.05) is 7.05 Å². The first-order valence-corrected chi connectivity index (χ1v) is 8.72. The Morgan fingerprint density at radius 2 is 1.82 bits per heavy atom. The van der Waals surface area contributed by atoms with Crippen LogP contribution in [0, 0.1) is 0 Å². The number of anilines is 1. The summed E-state index contributed by atoms with van der Waals surface area (Å²) in [6, 6.07) is 18.2. The van der Waals surface area contributed by atoms with Gasteiger partial charge in [-0.15, -0.1) is 0 Å². The Hall–Kier alpha value is -3.74. The molecule has 0 unspecified atom stereocenters. The molecule has 28 heavy (non-hydrogen) atoms. The van der Waals surface area contributed by atoms with E-state index in [4.69, 9.17) is 13.9 Å². The highest BCUT2D eigenvalue weighted by molar-refractivity contribution is 6.02. The monoisotopic (exact) mass is 377 g/mol. The highest BCUT2D eigenvalue weighted by Crippen LogP contribution is 2.20. The lowest BCUT2D eigenvalue weighted by Crippen LogP contribution is -2.14. The Bertz CT molecular complexity index is 1110. The molecule has 1 N–H and O–H groups in total. The molecule has 2 aromatic heterocycles. The molecule has 0 aliphatic heterocycles. The fourth-order valence-electron chi connectivity index (χ4n) is 2.82. The van der Waals surface area contributed by atoms with Crippen molar-refractivity contribution in [3.05, 3.63) is 72.2 Å². The van der Waals surface area contributed by atoms with Gasteiger partial charge in [0.25, 0.3) is 5.91 Å². The molecule has 0 aliphatic carbocycles. The molecular weight excluding hydrogens is 358 g/mol. The molecule has 0 fully saturated rings. The molecule has 2 heterocycles. The zero-order chi connectivity index (χ0) is 19.5. The third kappa shape index (κ3) is 3.55. The van der Waals surface area contributed by atoms with Crippen molar-refractivity contribution in [3.8, 4) is 11.5 Å². The normalized spacial score (nSPS) is 10.8. The number of carbonyl (C=O) groups excluding carboxylic acids is 1. The molecule has 0 saturated carbocycles. The molecular formula is C21H19N3O4. The minimum Gasteiger partial charge on any atom is -0.497 e. The first kappa shape index (κ1) is 17.7. The number of aromatic nitrogens is 2. The first-order chi connectivity index (χ1) is 13.6. The van der Waals surface area contributed by atoms with Crippen molar-refractivity contribution in [2.45, 2.75) is 6.61 Å². The van der Waals surface area contributed by atoms with Crippen molar-refractivity contribution in [3.63, 3.8) is 0 Å². The van der Waals surface area contributed by atoms with Gasteiger partial charge in [0.1, 0.15) is 23.9 Å². The van der Waals surface area contributed by atoms with Crippen LogP contribution in [0.5, 0.6) is 11.5 Å². The maximum absolute atomic E-state index is 12.5. The van der Waals surface area contributed by atoms with Crippen LogP contribution in [0.3, 0.4) is 0 Å². The summed E-state index contributed by atoms with van der Waals surface area (Å²) in [6.45, 7) is 0.214.